The fourth-order valence-electron chi connectivity index (χ4n) is 2.35. The van der Waals surface area contributed by atoms with Crippen molar-refractivity contribution in [3.8, 4) is 0 Å². The van der Waals surface area contributed by atoms with Gasteiger partial charge in [-0.25, -0.2) is 9.59 Å². The molecule has 0 saturated heterocycles. The minimum atomic E-state index is -1.26. The molecule has 2 rings (SSSR count). The summed E-state index contributed by atoms with van der Waals surface area (Å²) in [5.74, 6) is -1.44. The van der Waals surface area contributed by atoms with Crippen LogP contribution in [-0.4, -0.2) is 41.8 Å². The lowest BCUT2D eigenvalue weighted by atomic mass is 10.2. The van der Waals surface area contributed by atoms with E-state index in [1.165, 1.54) is 6.92 Å². The van der Waals surface area contributed by atoms with Gasteiger partial charge in [-0.15, -0.1) is 0 Å². The van der Waals surface area contributed by atoms with Crippen molar-refractivity contribution in [3.05, 3.63) is 71.8 Å². The zero-order valence-electron chi connectivity index (χ0n) is 16.0. The van der Waals surface area contributed by atoms with Crippen molar-refractivity contribution in [2.45, 2.75) is 32.3 Å². The van der Waals surface area contributed by atoms with Crippen LogP contribution in [0.4, 0.5) is 4.79 Å². The van der Waals surface area contributed by atoms with Crippen molar-refractivity contribution in [1.29, 1.82) is 0 Å². The Hall–Kier alpha value is -3.39. The molecule has 8 nitrogen and oxygen atoms in total. The van der Waals surface area contributed by atoms with Crippen LogP contribution in [0.25, 0.3) is 0 Å². The molecule has 154 valence electrons. The van der Waals surface area contributed by atoms with Gasteiger partial charge >= 0.3 is 12.1 Å². The van der Waals surface area contributed by atoms with Crippen molar-refractivity contribution in [2.24, 2.45) is 0 Å². The number of rotatable bonds is 9. The topological polar surface area (TPSA) is 114 Å². The molecule has 2 aromatic rings. The highest BCUT2D eigenvalue weighted by Gasteiger charge is 2.27. The molecule has 0 fully saturated rings. The Labute approximate surface area is 168 Å². The third kappa shape index (κ3) is 8.02. The SMILES string of the molecule is CC(O)C(NC(=O)CNC(=O)OCc1ccccc1)C(=O)OCc1ccccc1. The number of nitrogens with one attached hydrogen (secondary N) is 2. The lowest BCUT2D eigenvalue weighted by Gasteiger charge is -2.20. The van der Waals surface area contributed by atoms with Crippen molar-refractivity contribution in [2.75, 3.05) is 6.54 Å². The van der Waals surface area contributed by atoms with Crippen molar-refractivity contribution < 1.29 is 29.0 Å². The zero-order valence-corrected chi connectivity index (χ0v) is 16.0. The summed E-state index contributed by atoms with van der Waals surface area (Å²) in [6.07, 6.45) is -1.95. The molecule has 0 radical (unpaired) electrons. The minimum absolute atomic E-state index is 0.0167. The van der Waals surface area contributed by atoms with E-state index in [2.05, 4.69) is 10.6 Å². The second-order valence-electron chi connectivity index (χ2n) is 6.29. The highest BCUT2D eigenvalue weighted by atomic mass is 16.5. The summed E-state index contributed by atoms with van der Waals surface area (Å²) in [5.41, 5.74) is 1.58. The van der Waals surface area contributed by atoms with Crippen LogP contribution < -0.4 is 10.6 Å². The van der Waals surface area contributed by atoms with Gasteiger partial charge in [0.15, 0.2) is 6.04 Å². The molecule has 29 heavy (non-hydrogen) atoms. The van der Waals surface area contributed by atoms with Crippen LogP contribution in [0.3, 0.4) is 0 Å². The van der Waals surface area contributed by atoms with Crippen LogP contribution in [0.1, 0.15) is 18.1 Å². The van der Waals surface area contributed by atoms with Crippen LogP contribution in [0.15, 0.2) is 60.7 Å². The number of hydrogen-bond donors (Lipinski definition) is 3. The molecule has 2 aromatic carbocycles. The van der Waals surface area contributed by atoms with Crippen LogP contribution in [0.5, 0.6) is 0 Å². The zero-order chi connectivity index (χ0) is 21.1. The molecule has 0 aliphatic carbocycles. The van der Waals surface area contributed by atoms with Crippen molar-refractivity contribution in [1.82, 2.24) is 10.6 Å². The van der Waals surface area contributed by atoms with Gasteiger partial charge in [-0.1, -0.05) is 60.7 Å². The third-order valence-corrected chi connectivity index (χ3v) is 3.88. The average Bonchev–Trinajstić information content (AvgIpc) is 2.74. The maximum atomic E-state index is 12.2. The van der Waals surface area contributed by atoms with E-state index in [1.54, 1.807) is 36.4 Å². The summed E-state index contributed by atoms with van der Waals surface area (Å²) in [7, 11) is 0. The Kier molecular flexibility index (Phi) is 8.65. The highest BCUT2D eigenvalue weighted by Crippen LogP contribution is 2.04. The first-order valence-electron chi connectivity index (χ1n) is 9.08. The van der Waals surface area contributed by atoms with E-state index in [-0.39, 0.29) is 13.2 Å². The predicted molar refractivity (Wildman–Crippen MR) is 104 cm³/mol. The molecule has 2 amide bonds. The first-order chi connectivity index (χ1) is 14.0. The Morgan fingerprint density at radius 1 is 0.897 bits per heavy atom. The summed E-state index contributed by atoms with van der Waals surface area (Å²) < 4.78 is 10.1. The molecule has 0 saturated carbocycles. The van der Waals surface area contributed by atoms with E-state index in [9.17, 15) is 19.5 Å². The third-order valence-electron chi connectivity index (χ3n) is 3.88. The molecule has 3 N–H and O–H groups in total. The van der Waals surface area contributed by atoms with E-state index in [4.69, 9.17) is 9.47 Å². The highest BCUT2D eigenvalue weighted by molar-refractivity contribution is 5.87. The lowest BCUT2D eigenvalue weighted by Crippen LogP contribution is -2.51. The van der Waals surface area contributed by atoms with Gasteiger partial charge in [-0.3, -0.25) is 4.79 Å². The molecular formula is C21H24N2O6. The van der Waals surface area contributed by atoms with Crippen molar-refractivity contribution >= 4 is 18.0 Å². The number of ether oxygens (including phenoxy) is 2. The van der Waals surface area contributed by atoms with E-state index in [0.717, 1.165) is 11.1 Å². The summed E-state index contributed by atoms with van der Waals surface area (Å²) in [5, 5.41) is 14.4. The van der Waals surface area contributed by atoms with Gasteiger partial charge in [0.05, 0.1) is 6.10 Å². The maximum absolute atomic E-state index is 12.2. The second kappa shape index (κ2) is 11.5. The van der Waals surface area contributed by atoms with Gasteiger partial charge in [0.2, 0.25) is 5.91 Å². The molecule has 8 heteroatoms. The first kappa shape index (κ1) is 21.9. The fourth-order valence-corrected chi connectivity index (χ4v) is 2.35. The molecule has 0 aliphatic heterocycles. The molecule has 0 aliphatic rings. The number of alkyl carbamates (subject to hydrolysis) is 1. The summed E-state index contributed by atoms with van der Waals surface area (Å²) in [6, 6.07) is 16.8. The smallest absolute Gasteiger partial charge is 0.407 e. The second-order valence-corrected chi connectivity index (χ2v) is 6.29. The quantitative estimate of drug-likeness (QED) is 0.550. The molecule has 0 aromatic heterocycles. The first-order valence-corrected chi connectivity index (χ1v) is 9.08. The molecule has 0 heterocycles. The number of carbonyl (C=O) groups is 3. The number of amides is 2. The molecule has 2 atom stereocenters. The van der Waals surface area contributed by atoms with E-state index >= 15 is 0 Å². The van der Waals surface area contributed by atoms with Gasteiger partial charge in [0.25, 0.3) is 0 Å². The standard InChI is InChI=1S/C21H24N2O6/c1-15(24)19(20(26)28-13-16-8-4-2-5-9-16)23-18(25)12-22-21(27)29-14-17-10-6-3-7-11-17/h2-11,15,19,24H,12-14H2,1H3,(H,22,27)(H,23,25). The Morgan fingerprint density at radius 3 is 1.93 bits per heavy atom. The Balaban J connectivity index is 1.74. The number of hydrogen-bond acceptors (Lipinski definition) is 6. The number of benzene rings is 2. The van der Waals surface area contributed by atoms with Crippen molar-refractivity contribution in [3.63, 3.8) is 0 Å². The monoisotopic (exact) mass is 400 g/mol. The molecule has 2 unspecified atom stereocenters. The largest absolute Gasteiger partial charge is 0.459 e. The summed E-state index contributed by atoms with van der Waals surface area (Å²) >= 11 is 0. The van der Waals surface area contributed by atoms with Gasteiger partial charge in [-0.2, -0.15) is 0 Å². The average molecular weight is 400 g/mol. The number of aliphatic hydroxyl groups excluding tert-OH is 1. The van der Waals surface area contributed by atoms with Crippen LogP contribution >= 0.6 is 0 Å². The van der Waals surface area contributed by atoms with Gasteiger partial charge < -0.3 is 25.2 Å². The van der Waals surface area contributed by atoms with Gasteiger partial charge in [-0.05, 0) is 18.1 Å². The van der Waals surface area contributed by atoms with Gasteiger partial charge in [0, 0.05) is 0 Å². The minimum Gasteiger partial charge on any atom is -0.459 e. The molecule has 0 spiro atoms. The predicted octanol–water partition coefficient (Wildman–Crippen LogP) is 1.52. The van der Waals surface area contributed by atoms with Gasteiger partial charge in [0.1, 0.15) is 19.8 Å². The van der Waals surface area contributed by atoms with Crippen LogP contribution in [0.2, 0.25) is 0 Å². The Bertz CT molecular complexity index is 795. The van der Waals surface area contributed by atoms with E-state index in [1.807, 2.05) is 24.3 Å². The fraction of sp³-hybridized carbons (Fsp3) is 0.286. The van der Waals surface area contributed by atoms with Crippen LogP contribution in [-0.2, 0) is 32.3 Å². The Morgan fingerprint density at radius 2 is 1.41 bits per heavy atom. The summed E-state index contributed by atoms with van der Waals surface area (Å²) in [6.45, 7) is 1.03. The molecular weight excluding hydrogens is 376 g/mol. The summed E-state index contributed by atoms with van der Waals surface area (Å²) in [4.78, 5) is 35.9. The van der Waals surface area contributed by atoms with Crippen LogP contribution in [0, 0.1) is 0 Å². The normalized spacial score (nSPS) is 12.3. The molecule has 0 bridgehead atoms. The number of carbonyl (C=O) groups excluding carboxylic acids is 3. The van der Waals surface area contributed by atoms with E-state index < -0.39 is 36.7 Å². The lowest BCUT2D eigenvalue weighted by molar-refractivity contribution is -0.152. The van der Waals surface area contributed by atoms with E-state index in [0.29, 0.717) is 0 Å². The number of esters is 1. The maximum Gasteiger partial charge on any atom is 0.407 e. The number of aliphatic hydroxyl groups is 1.